The quantitative estimate of drug-likeness (QED) is 0.236. The van der Waals surface area contributed by atoms with Crippen LogP contribution in [0.3, 0.4) is 0 Å². The van der Waals surface area contributed by atoms with Gasteiger partial charge in [0.25, 0.3) is 0 Å². The maximum absolute atomic E-state index is 13.7. The van der Waals surface area contributed by atoms with E-state index in [4.69, 9.17) is 4.74 Å². The van der Waals surface area contributed by atoms with Crippen LogP contribution in [0, 0.1) is 21.3 Å². The molecule has 0 aromatic heterocycles. The molecule has 1 aliphatic heterocycles. The van der Waals surface area contributed by atoms with Gasteiger partial charge in [-0.25, -0.2) is 0 Å². The van der Waals surface area contributed by atoms with Crippen molar-refractivity contribution in [1.82, 2.24) is 4.90 Å². The normalized spacial score (nSPS) is 28.0. The zero-order valence-electron chi connectivity index (χ0n) is 20.8. The minimum absolute atomic E-state index is 0.000565. The Labute approximate surface area is 223 Å². The van der Waals surface area contributed by atoms with E-state index in [1.54, 1.807) is 19.1 Å². The number of carbonyl (C=O) groups is 4. The summed E-state index contributed by atoms with van der Waals surface area (Å²) >= 11 is 2.01. The number of phenolic OH excluding ortho intramolecular Hbond substituents is 1. The second-order valence-corrected chi connectivity index (χ2v) is 12.1. The maximum Gasteiger partial charge on any atom is 0.234 e. The van der Waals surface area contributed by atoms with E-state index in [0.29, 0.717) is 32.3 Å². The molecule has 1 N–H and O–H groups in total. The van der Waals surface area contributed by atoms with Gasteiger partial charge in [0, 0.05) is 28.2 Å². The van der Waals surface area contributed by atoms with Gasteiger partial charge in [0.2, 0.25) is 11.8 Å². The summed E-state index contributed by atoms with van der Waals surface area (Å²) in [5.74, 6) is -2.55. The van der Waals surface area contributed by atoms with E-state index < -0.39 is 23.3 Å². The average Bonchev–Trinajstić information content (AvgIpc) is 3.08. The van der Waals surface area contributed by atoms with Gasteiger partial charge in [-0.2, -0.15) is 0 Å². The van der Waals surface area contributed by atoms with Crippen LogP contribution in [0.2, 0.25) is 0 Å². The van der Waals surface area contributed by atoms with Gasteiger partial charge in [0.1, 0.15) is 0 Å². The van der Waals surface area contributed by atoms with Crippen molar-refractivity contribution in [3.8, 4) is 11.5 Å². The van der Waals surface area contributed by atoms with Crippen molar-refractivity contribution in [3.05, 3.63) is 55.7 Å². The highest BCUT2D eigenvalue weighted by molar-refractivity contribution is 14.1. The zero-order valence-corrected chi connectivity index (χ0v) is 23.0. The van der Waals surface area contributed by atoms with E-state index in [9.17, 15) is 24.3 Å². The van der Waals surface area contributed by atoms with Crippen LogP contribution in [0.5, 0.6) is 11.5 Å². The summed E-state index contributed by atoms with van der Waals surface area (Å²) in [6, 6.07) is 3.48. The number of aromatic hydroxyl groups is 1. The number of benzene rings is 1. The van der Waals surface area contributed by atoms with E-state index >= 15 is 0 Å². The lowest BCUT2D eigenvalue weighted by Crippen LogP contribution is -2.46. The van der Waals surface area contributed by atoms with E-state index in [0.717, 1.165) is 5.57 Å². The molecule has 8 heteroatoms. The summed E-state index contributed by atoms with van der Waals surface area (Å²) in [4.78, 5) is 55.1. The zero-order chi connectivity index (χ0) is 26.3. The molecule has 0 spiro atoms. The molecule has 188 valence electrons. The largest absolute Gasteiger partial charge is 0.504 e. The lowest BCUT2D eigenvalue weighted by Gasteiger charge is -2.42. The number of methoxy groups -OCH3 is 1. The molecule has 0 radical (unpaired) electrons. The number of halogens is 1. The number of nitrogens with zero attached hydrogens (tertiary/aromatic N) is 1. The van der Waals surface area contributed by atoms with E-state index in [1.807, 2.05) is 49.4 Å². The number of ketones is 2. The number of carbonyl (C=O) groups excluding carboxylic acids is 4. The van der Waals surface area contributed by atoms with Crippen molar-refractivity contribution in [2.75, 3.05) is 7.11 Å². The van der Waals surface area contributed by atoms with Crippen LogP contribution < -0.4 is 4.74 Å². The van der Waals surface area contributed by atoms with Crippen LogP contribution in [0.15, 0.2) is 46.6 Å². The Bertz CT molecular complexity index is 1340. The van der Waals surface area contributed by atoms with Crippen molar-refractivity contribution in [3.63, 3.8) is 0 Å². The van der Waals surface area contributed by atoms with Crippen LogP contribution >= 0.6 is 22.6 Å². The third kappa shape index (κ3) is 3.51. The van der Waals surface area contributed by atoms with E-state index in [1.165, 1.54) is 18.1 Å². The van der Waals surface area contributed by atoms with Gasteiger partial charge < -0.3 is 9.84 Å². The van der Waals surface area contributed by atoms with Crippen LogP contribution in [0.4, 0.5) is 0 Å². The van der Waals surface area contributed by atoms with Gasteiger partial charge in [-0.15, -0.1) is 0 Å². The SMILES string of the molecule is COc1cc([C@H]2C3=CC[C@@H]4C(=O)N(C(C)(C)C)C(=O)[C@@H]4[C@@H]3CC3=C2C(=O)C(C)=CC3=O)cc(I)c1O. The molecule has 1 heterocycles. The van der Waals surface area contributed by atoms with Crippen molar-refractivity contribution < 1.29 is 29.0 Å². The number of amides is 2. The summed E-state index contributed by atoms with van der Waals surface area (Å²) < 4.78 is 5.94. The Kier molecular flexibility index (Phi) is 5.81. The lowest BCUT2D eigenvalue weighted by molar-refractivity contribution is -0.145. The number of phenols is 1. The first-order valence-electron chi connectivity index (χ1n) is 12.0. The number of ether oxygens (including phenoxy) is 1. The first-order valence-corrected chi connectivity index (χ1v) is 13.1. The molecule has 5 rings (SSSR count). The second-order valence-electron chi connectivity index (χ2n) is 11.0. The number of fused-ring (bicyclic) bond motifs is 3. The highest BCUT2D eigenvalue weighted by atomic mass is 127. The Hall–Kier alpha value is -2.75. The fourth-order valence-electron chi connectivity index (χ4n) is 6.32. The van der Waals surface area contributed by atoms with E-state index in [-0.39, 0.29) is 47.2 Å². The number of allylic oxidation sites excluding steroid dienone is 6. The van der Waals surface area contributed by atoms with Gasteiger partial charge >= 0.3 is 0 Å². The molecular weight excluding hydrogens is 573 g/mol. The van der Waals surface area contributed by atoms with Crippen LogP contribution in [-0.4, -0.2) is 46.0 Å². The molecule has 1 aromatic rings. The highest BCUT2D eigenvalue weighted by Gasteiger charge is 2.58. The predicted octanol–water partition coefficient (Wildman–Crippen LogP) is 4.23. The molecule has 3 aliphatic carbocycles. The lowest BCUT2D eigenvalue weighted by atomic mass is 9.59. The highest BCUT2D eigenvalue weighted by Crippen LogP contribution is 2.56. The molecule has 4 atom stereocenters. The summed E-state index contributed by atoms with van der Waals surface area (Å²) in [5, 5.41) is 10.4. The number of imide groups is 1. The molecule has 7 nitrogen and oxygen atoms in total. The Balaban J connectivity index is 1.72. The number of rotatable bonds is 2. The fraction of sp³-hybridized carbons (Fsp3) is 0.429. The van der Waals surface area contributed by atoms with Crippen LogP contribution in [-0.2, 0) is 19.2 Å². The van der Waals surface area contributed by atoms with Gasteiger partial charge in [0.05, 0.1) is 22.5 Å². The van der Waals surface area contributed by atoms with Crippen molar-refractivity contribution in [1.29, 1.82) is 0 Å². The molecule has 1 saturated heterocycles. The fourth-order valence-corrected chi connectivity index (χ4v) is 6.94. The predicted molar refractivity (Wildman–Crippen MR) is 140 cm³/mol. The van der Waals surface area contributed by atoms with Crippen molar-refractivity contribution >= 4 is 46.0 Å². The van der Waals surface area contributed by atoms with Gasteiger partial charge in [-0.05, 0) is 92.8 Å². The van der Waals surface area contributed by atoms with Crippen molar-refractivity contribution in [2.24, 2.45) is 17.8 Å². The Morgan fingerprint density at radius 3 is 2.42 bits per heavy atom. The summed E-state index contributed by atoms with van der Waals surface area (Å²) in [6.07, 6.45) is 4.01. The Morgan fingerprint density at radius 1 is 1.08 bits per heavy atom. The first kappa shape index (κ1) is 24.9. The molecule has 0 saturated carbocycles. The molecule has 1 fully saturated rings. The maximum atomic E-state index is 13.7. The topological polar surface area (TPSA) is 101 Å². The number of likely N-dealkylation sites (tertiary alicyclic amines) is 1. The molecule has 0 unspecified atom stereocenters. The molecular formula is C28H28INO6. The van der Waals surface area contributed by atoms with Crippen molar-refractivity contribution in [2.45, 2.75) is 52.0 Å². The smallest absolute Gasteiger partial charge is 0.234 e. The van der Waals surface area contributed by atoms with Crippen LogP contribution in [0.1, 0.15) is 52.0 Å². The molecule has 1 aromatic carbocycles. The van der Waals surface area contributed by atoms with Gasteiger partial charge in [-0.3, -0.25) is 24.1 Å². The second kappa shape index (κ2) is 8.39. The number of Topliss-reactive ketones (excluding diaryl/α,β-unsaturated/α-hetero) is 1. The Morgan fingerprint density at radius 2 is 1.78 bits per heavy atom. The van der Waals surface area contributed by atoms with Gasteiger partial charge in [0.15, 0.2) is 23.1 Å². The average molecular weight is 601 g/mol. The standard InChI is InChI=1S/C28H28INO6/c1-12-8-19(31)17-11-16-14(6-7-15-22(16)27(35)30(26(15)34)28(2,3)4)21(23(17)24(12)32)13-9-18(29)25(33)20(10-13)36-5/h6,8-10,15-16,21-22,33H,7,11H2,1-5H3/t15-,16+,21-,22-/m0/s1. The molecule has 0 bridgehead atoms. The molecule has 2 amide bonds. The summed E-state index contributed by atoms with van der Waals surface area (Å²) in [6.45, 7) is 7.18. The summed E-state index contributed by atoms with van der Waals surface area (Å²) in [7, 11) is 1.46. The monoisotopic (exact) mass is 601 g/mol. The minimum Gasteiger partial charge on any atom is -0.504 e. The minimum atomic E-state index is -0.652. The van der Waals surface area contributed by atoms with E-state index in [2.05, 4.69) is 0 Å². The first-order chi connectivity index (χ1) is 16.9. The van der Waals surface area contributed by atoms with Crippen LogP contribution in [0.25, 0.3) is 0 Å². The third-order valence-electron chi connectivity index (χ3n) is 7.84. The number of hydrogen-bond acceptors (Lipinski definition) is 6. The summed E-state index contributed by atoms with van der Waals surface area (Å²) in [5.41, 5.74) is 2.15. The molecule has 4 aliphatic rings. The number of hydrogen-bond donors (Lipinski definition) is 1. The molecule has 36 heavy (non-hydrogen) atoms. The third-order valence-corrected chi connectivity index (χ3v) is 8.66. The van der Waals surface area contributed by atoms with Gasteiger partial charge in [-0.1, -0.05) is 11.6 Å².